The maximum atomic E-state index is 12.6. The quantitative estimate of drug-likeness (QED) is 0.734. The van der Waals surface area contributed by atoms with Crippen LogP contribution in [-0.4, -0.2) is 53.4 Å². The van der Waals surface area contributed by atoms with E-state index < -0.39 is 10.0 Å². The van der Waals surface area contributed by atoms with Gasteiger partial charge >= 0.3 is 0 Å². The summed E-state index contributed by atoms with van der Waals surface area (Å²) in [7, 11) is -1.51. The van der Waals surface area contributed by atoms with Gasteiger partial charge < -0.3 is 4.57 Å². The highest BCUT2D eigenvalue weighted by molar-refractivity contribution is 9.11. The maximum Gasteiger partial charge on any atom is 0.252 e. The standard InChI is InChI=1S/C13H16BrClN4O2S2/c1-17-11(15)8-16-12(17)9-18-4-6-19(7-5-18)23(20,21)13-3-2-10(14)22-13/h2-3,8H,4-7,9H2,1H3. The van der Waals surface area contributed by atoms with E-state index in [0.717, 1.165) is 9.61 Å². The molecule has 0 saturated carbocycles. The lowest BCUT2D eigenvalue weighted by molar-refractivity contribution is 0.177. The van der Waals surface area contributed by atoms with Crippen LogP contribution < -0.4 is 0 Å². The molecule has 0 unspecified atom stereocenters. The second-order valence-corrected chi connectivity index (χ2v) is 10.3. The average molecular weight is 440 g/mol. The third-order valence-electron chi connectivity index (χ3n) is 3.87. The summed E-state index contributed by atoms with van der Waals surface area (Å²) in [5.41, 5.74) is 0. The number of hydrogen-bond acceptors (Lipinski definition) is 5. The van der Waals surface area contributed by atoms with Gasteiger partial charge in [0.2, 0.25) is 0 Å². The van der Waals surface area contributed by atoms with E-state index in [-0.39, 0.29) is 0 Å². The van der Waals surface area contributed by atoms with E-state index in [4.69, 9.17) is 11.6 Å². The Bertz CT molecular complexity index is 797. The van der Waals surface area contributed by atoms with Gasteiger partial charge in [0, 0.05) is 33.2 Å². The van der Waals surface area contributed by atoms with Crippen LogP contribution in [0.5, 0.6) is 0 Å². The Morgan fingerprint density at radius 2 is 2.00 bits per heavy atom. The Morgan fingerprint density at radius 1 is 1.30 bits per heavy atom. The minimum atomic E-state index is -3.39. The average Bonchev–Trinajstić information content (AvgIpc) is 3.09. The van der Waals surface area contributed by atoms with E-state index in [1.165, 1.54) is 11.3 Å². The van der Waals surface area contributed by atoms with Crippen LogP contribution in [0.3, 0.4) is 0 Å². The molecule has 0 aromatic carbocycles. The summed E-state index contributed by atoms with van der Waals surface area (Å²) in [6.07, 6.45) is 1.63. The van der Waals surface area contributed by atoms with E-state index in [1.54, 1.807) is 22.6 Å². The van der Waals surface area contributed by atoms with Gasteiger partial charge in [-0.15, -0.1) is 11.3 Å². The molecule has 10 heteroatoms. The lowest BCUT2D eigenvalue weighted by atomic mass is 10.3. The normalized spacial score (nSPS) is 17.7. The Kier molecular flexibility index (Phi) is 5.15. The number of thiophene rings is 1. The predicted molar refractivity (Wildman–Crippen MR) is 94.3 cm³/mol. The number of sulfonamides is 1. The molecule has 0 radical (unpaired) electrons. The molecule has 3 rings (SSSR count). The fourth-order valence-corrected chi connectivity index (χ4v) is 6.20. The largest absolute Gasteiger partial charge is 0.321 e. The third kappa shape index (κ3) is 3.64. The van der Waals surface area contributed by atoms with Gasteiger partial charge in [0.25, 0.3) is 10.0 Å². The fourth-order valence-electron chi connectivity index (χ4n) is 2.46. The molecule has 1 aliphatic heterocycles. The summed E-state index contributed by atoms with van der Waals surface area (Å²) < 4.78 is 29.8. The fraction of sp³-hybridized carbons (Fsp3) is 0.462. The van der Waals surface area contributed by atoms with E-state index >= 15 is 0 Å². The van der Waals surface area contributed by atoms with Gasteiger partial charge in [0.1, 0.15) is 15.2 Å². The van der Waals surface area contributed by atoms with Crippen LogP contribution in [-0.2, 0) is 23.6 Å². The molecule has 0 amide bonds. The highest BCUT2D eigenvalue weighted by Crippen LogP contribution is 2.29. The van der Waals surface area contributed by atoms with Crippen molar-refractivity contribution in [2.45, 2.75) is 10.8 Å². The van der Waals surface area contributed by atoms with Gasteiger partial charge in [-0.3, -0.25) is 4.90 Å². The summed E-state index contributed by atoms with van der Waals surface area (Å²) in [5.74, 6) is 0.883. The first-order valence-corrected chi connectivity index (χ1v) is 10.4. The van der Waals surface area contributed by atoms with Crippen molar-refractivity contribution in [2.24, 2.45) is 7.05 Å². The molecule has 0 atom stereocenters. The molecular formula is C13H16BrClN4O2S2. The van der Waals surface area contributed by atoms with Gasteiger partial charge in [-0.1, -0.05) is 11.6 Å². The molecule has 3 heterocycles. The number of nitrogens with zero attached hydrogens (tertiary/aromatic N) is 4. The van der Waals surface area contributed by atoms with Crippen molar-refractivity contribution < 1.29 is 8.42 Å². The monoisotopic (exact) mass is 438 g/mol. The molecule has 23 heavy (non-hydrogen) atoms. The van der Waals surface area contributed by atoms with E-state index in [1.807, 2.05) is 11.6 Å². The first kappa shape index (κ1) is 17.4. The second kappa shape index (κ2) is 6.81. The first-order chi connectivity index (χ1) is 10.9. The second-order valence-electron chi connectivity index (χ2n) is 5.29. The van der Waals surface area contributed by atoms with Crippen molar-refractivity contribution in [3.63, 3.8) is 0 Å². The van der Waals surface area contributed by atoms with Crippen molar-refractivity contribution in [1.29, 1.82) is 0 Å². The van der Waals surface area contributed by atoms with E-state index in [2.05, 4.69) is 25.8 Å². The molecule has 1 fully saturated rings. The predicted octanol–water partition coefficient (Wildman–Crippen LogP) is 2.40. The van der Waals surface area contributed by atoms with Gasteiger partial charge in [0.15, 0.2) is 0 Å². The molecule has 2 aromatic rings. The number of hydrogen-bond donors (Lipinski definition) is 0. The summed E-state index contributed by atoms with van der Waals surface area (Å²) in [6.45, 7) is 2.99. The Hall–Kier alpha value is -0.450. The summed E-state index contributed by atoms with van der Waals surface area (Å²) >= 11 is 10.5. The molecule has 2 aromatic heterocycles. The van der Waals surface area contributed by atoms with Crippen LogP contribution >= 0.6 is 38.9 Å². The molecule has 6 nitrogen and oxygen atoms in total. The summed E-state index contributed by atoms with van der Waals surface area (Å²) in [6, 6.07) is 3.41. The van der Waals surface area contributed by atoms with Crippen molar-refractivity contribution in [3.05, 3.63) is 33.1 Å². The number of piperazine rings is 1. The number of aromatic nitrogens is 2. The van der Waals surface area contributed by atoms with Crippen LogP contribution in [0.15, 0.2) is 26.3 Å². The Morgan fingerprint density at radius 3 is 2.52 bits per heavy atom. The molecule has 0 aliphatic carbocycles. The van der Waals surface area contributed by atoms with Gasteiger partial charge in [-0.25, -0.2) is 13.4 Å². The van der Waals surface area contributed by atoms with Crippen LogP contribution in [0, 0.1) is 0 Å². The first-order valence-electron chi connectivity index (χ1n) is 7.02. The molecule has 1 aliphatic rings. The Balaban J connectivity index is 1.63. The topological polar surface area (TPSA) is 58.4 Å². The zero-order valence-electron chi connectivity index (χ0n) is 12.4. The third-order valence-corrected chi connectivity index (χ3v) is 8.21. The number of halogens is 2. The SMILES string of the molecule is Cn1c(Cl)cnc1CN1CCN(S(=O)(=O)c2ccc(Br)s2)CC1. The van der Waals surface area contributed by atoms with Gasteiger partial charge in [0.05, 0.1) is 16.5 Å². The lowest BCUT2D eigenvalue weighted by Crippen LogP contribution is -2.48. The Labute approximate surface area is 152 Å². The summed E-state index contributed by atoms with van der Waals surface area (Å²) in [4.78, 5) is 6.47. The van der Waals surface area contributed by atoms with Crippen LogP contribution in [0.4, 0.5) is 0 Å². The van der Waals surface area contributed by atoms with Crippen LogP contribution in [0.1, 0.15) is 5.82 Å². The van der Waals surface area contributed by atoms with Gasteiger partial charge in [-0.2, -0.15) is 4.31 Å². The van der Waals surface area contributed by atoms with E-state index in [0.29, 0.717) is 42.1 Å². The van der Waals surface area contributed by atoms with E-state index in [9.17, 15) is 8.42 Å². The smallest absolute Gasteiger partial charge is 0.252 e. The maximum absolute atomic E-state index is 12.6. The zero-order chi connectivity index (χ0) is 16.6. The van der Waals surface area contributed by atoms with Crippen molar-refractivity contribution in [1.82, 2.24) is 18.8 Å². The highest BCUT2D eigenvalue weighted by atomic mass is 79.9. The summed E-state index contributed by atoms with van der Waals surface area (Å²) in [5, 5.41) is 0.601. The molecule has 126 valence electrons. The van der Waals surface area contributed by atoms with Crippen LogP contribution in [0.25, 0.3) is 0 Å². The minimum absolute atomic E-state index is 0.383. The molecule has 0 bridgehead atoms. The minimum Gasteiger partial charge on any atom is -0.321 e. The molecule has 1 saturated heterocycles. The highest BCUT2D eigenvalue weighted by Gasteiger charge is 2.29. The number of rotatable bonds is 4. The molecule has 0 N–H and O–H groups in total. The molecule has 0 spiro atoms. The van der Waals surface area contributed by atoms with Gasteiger partial charge in [-0.05, 0) is 28.1 Å². The zero-order valence-corrected chi connectivity index (χ0v) is 16.4. The van der Waals surface area contributed by atoms with Crippen LogP contribution in [0.2, 0.25) is 5.15 Å². The van der Waals surface area contributed by atoms with Crippen molar-refractivity contribution in [3.8, 4) is 0 Å². The van der Waals surface area contributed by atoms with Crippen molar-refractivity contribution in [2.75, 3.05) is 26.2 Å². The molecular weight excluding hydrogens is 424 g/mol. The number of imidazole rings is 1. The lowest BCUT2D eigenvalue weighted by Gasteiger charge is -2.33. The van der Waals surface area contributed by atoms with Crippen molar-refractivity contribution >= 4 is 48.9 Å².